The van der Waals surface area contributed by atoms with E-state index in [0.29, 0.717) is 18.5 Å². The van der Waals surface area contributed by atoms with E-state index in [0.717, 1.165) is 16.9 Å². The molecule has 1 aromatic heterocycles. The summed E-state index contributed by atoms with van der Waals surface area (Å²) < 4.78 is 0. The first kappa shape index (κ1) is 16.7. The van der Waals surface area contributed by atoms with Gasteiger partial charge in [0.25, 0.3) is 0 Å². The van der Waals surface area contributed by atoms with Gasteiger partial charge in [0, 0.05) is 24.5 Å². The van der Waals surface area contributed by atoms with Gasteiger partial charge in [0.15, 0.2) is 0 Å². The fourth-order valence-electron chi connectivity index (χ4n) is 2.93. The lowest BCUT2D eigenvalue weighted by molar-refractivity contribution is 0.587. The number of anilines is 2. The van der Waals surface area contributed by atoms with Crippen LogP contribution in [0.4, 0.5) is 11.6 Å². The molecule has 0 bridgehead atoms. The van der Waals surface area contributed by atoms with Crippen molar-refractivity contribution in [3.05, 3.63) is 83.7 Å². The normalized spacial score (nSPS) is 14.8. The van der Waals surface area contributed by atoms with Gasteiger partial charge in [-0.1, -0.05) is 42.5 Å². The average molecular weight is 345 g/mol. The van der Waals surface area contributed by atoms with E-state index in [1.807, 2.05) is 42.6 Å². The summed E-state index contributed by atoms with van der Waals surface area (Å²) in [5.41, 5.74) is 9.89. The highest BCUT2D eigenvalue weighted by Gasteiger charge is 2.27. The molecule has 1 heterocycles. The minimum Gasteiger partial charge on any atom is -0.326 e. The second-order valence-electron chi connectivity index (χ2n) is 6.62. The molecule has 1 unspecified atom stereocenters. The Morgan fingerprint density at radius 1 is 1.00 bits per heavy atom. The lowest BCUT2D eigenvalue weighted by Gasteiger charge is -2.19. The van der Waals surface area contributed by atoms with E-state index in [9.17, 15) is 0 Å². The van der Waals surface area contributed by atoms with Gasteiger partial charge >= 0.3 is 0 Å². The van der Waals surface area contributed by atoms with Crippen LogP contribution < -0.4 is 16.4 Å². The standard InChI is InChI=1S/C21H23N5/c22-14-15-6-8-18(9-7-15)25-21-23-13-12-19(26-21)20(24-17-10-11-17)16-4-2-1-3-5-16/h1-9,12-13,17,20,24H,10-11,14,22H2,(H,23,25,26). The van der Waals surface area contributed by atoms with Gasteiger partial charge < -0.3 is 16.4 Å². The van der Waals surface area contributed by atoms with Gasteiger partial charge in [-0.15, -0.1) is 0 Å². The van der Waals surface area contributed by atoms with Crippen molar-refractivity contribution < 1.29 is 0 Å². The maximum absolute atomic E-state index is 5.65. The highest BCUT2D eigenvalue weighted by atomic mass is 15.1. The number of nitrogens with zero attached hydrogens (tertiary/aromatic N) is 2. The molecule has 26 heavy (non-hydrogen) atoms. The molecule has 0 aliphatic heterocycles. The molecule has 1 atom stereocenters. The highest BCUT2D eigenvalue weighted by molar-refractivity contribution is 5.53. The first-order valence-corrected chi connectivity index (χ1v) is 9.02. The van der Waals surface area contributed by atoms with Gasteiger partial charge in [0.05, 0.1) is 11.7 Å². The monoisotopic (exact) mass is 345 g/mol. The lowest BCUT2D eigenvalue weighted by Crippen LogP contribution is -2.25. The van der Waals surface area contributed by atoms with Crippen LogP contribution in [-0.4, -0.2) is 16.0 Å². The summed E-state index contributed by atoms with van der Waals surface area (Å²) in [6.45, 7) is 0.540. The molecule has 1 fully saturated rings. The minimum atomic E-state index is 0.0758. The third kappa shape index (κ3) is 4.07. The fraction of sp³-hybridized carbons (Fsp3) is 0.238. The zero-order valence-corrected chi connectivity index (χ0v) is 14.6. The number of benzene rings is 2. The summed E-state index contributed by atoms with van der Waals surface area (Å²) >= 11 is 0. The summed E-state index contributed by atoms with van der Waals surface area (Å²) in [4.78, 5) is 9.13. The van der Waals surface area contributed by atoms with E-state index in [1.54, 1.807) is 0 Å². The van der Waals surface area contributed by atoms with Crippen LogP contribution in [-0.2, 0) is 6.54 Å². The molecule has 2 aromatic carbocycles. The number of nitrogens with two attached hydrogens (primary N) is 1. The Bertz CT molecular complexity index is 844. The van der Waals surface area contributed by atoms with E-state index >= 15 is 0 Å². The summed E-state index contributed by atoms with van der Waals surface area (Å²) in [6.07, 6.45) is 4.27. The van der Waals surface area contributed by atoms with Gasteiger partial charge in [-0.3, -0.25) is 0 Å². The van der Waals surface area contributed by atoms with Crippen LogP contribution in [0.5, 0.6) is 0 Å². The second kappa shape index (κ2) is 7.64. The molecule has 3 aromatic rings. The number of hydrogen-bond acceptors (Lipinski definition) is 5. The zero-order valence-electron chi connectivity index (χ0n) is 14.6. The van der Waals surface area contributed by atoms with E-state index < -0.39 is 0 Å². The van der Waals surface area contributed by atoms with Crippen LogP contribution in [0, 0.1) is 0 Å². The third-order valence-corrected chi connectivity index (χ3v) is 4.53. The Kier molecular flexibility index (Phi) is 4.91. The second-order valence-corrected chi connectivity index (χ2v) is 6.62. The summed E-state index contributed by atoms with van der Waals surface area (Å²) in [5.74, 6) is 0.599. The van der Waals surface area contributed by atoms with Crippen molar-refractivity contribution >= 4 is 11.6 Å². The van der Waals surface area contributed by atoms with E-state index in [1.165, 1.54) is 18.4 Å². The predicted molar refractivity (Wildman–Crippen MR) is 104 cm³/mol. The summed E-state index contributed by atoms with van der Waals surface area (Å²) in [5, 5.41) is 6.98. The van der Waals surface area contributed by atoms with Gasteiger partial charge in [-0.05, 0) is 42.2 Å². The van der Waals surface area contributed by atoms with Crippen molar-refractivity contribution in [2.24, 2.45) is 5.73 Å². The van der Waals surface area contributed by atoms with Gasteiger partial charge in [0.1, 0.15) is 0 Å². The molecule has 1 aliphatic rings. The third-order valence-electron chi connectivity index (χ3n) is 4.53. The van der Waals surface area contributed by atoms with Crippen LogP contribution >= 0.6 is 0 Å². The van der Waals surface area contributed by atoms with Gasteiger partial charge in [-0.25, -0.2) is 9.97 Å². The Morgan fingerprint density at radius 3 is 2.46 bits per heavy atom. The first-order chi connectivity index (χ1) is 12.8. The van der Waals surface area contributed by atoms with Crippen LogP contribution in [0.15, 0.2) is 66.9 Å². The average Bonchev–Trinajstić information content (AvgIpc) is 3.52. The van der Waals surface area contributed by atoms with Crippen LogP contribution in [0.2, 0.25) is 0 Å². The number of hydrogen-bond donors (Lipinski definition) is 3. The van der Waals surface area contributed by atoms with Crippen LogP contribution in [0.3, 0.4) is 0 Å². The van der Waals surface area contributed by atoms with E-state index in [2.05, 4.69) is 39.9 Å². The Hall–Kier alpha value is -2.76. The van der Waals surface area contributed by atoms with Crippen molar-refractivity contribution in [3.63, 3.8) is 0 Å². The van der Waals surface area contributed by atoms with Crippen LogP contribution in [0.1, 0.15) is 35.7 Å². The minimum absolute atomic E-state index is 0.0758. The lowest BCUT2D eigenvalue weighted by atomic mass is 10.0. The smallest absolute Gasteiger partial charge is 0.227 e. The van der Waals surface area contributed by atoms with Crippen LogP contribution in [0.25, 0.3) is 0 Å². The molecule has 132 valence electrons. The Labute approximate surface area is 153 Å². The van der Waals surface area contributed by atoms with Crippen molar-refractivity contribution in [1.29, 1.82) is 0 Å². The maximum Gasteiger partial charge on any atom is 0.227 e. The maximum atomic E-state index is 5.65. The summed E-state index contributed by atoms with van der Waals surface area (Å²) in [7, 11) is 0. The molecule has 4 N–H and O–H groups in total. The molecule has 0 radical (unpaired) electrons. The largest absolute Gasteiger partial charge is 0.326 e. The molecule has 5 nitrogen and oxygen atoms in total. The fourth-order valence-corrected chi connectivity index (χ4v) is 2.93. The van der Waals surface area contributed by atoms with E-state index in [4.69, 9.17) is 10.7 Å². The molecular weight excluding hydrogens is 322 g/mol. The van der Waals surface area contributed by atoms with Gasteiger partial charge in [-0.2, -0.15) is 0 Å². The summed E-state index contributed by atoms with van der Waals surface area (Å²) in [6, 6.07) is 21.1. The Morgan fingerprint density at radius 2 is 1.77 bits per heavy atom. The molecule has 1 aliphatic carbocycles. The first-order valence-electron chi connectivity index (χ1n) is 9.02. The molecule has 0 spiro atoms. The highest BCUT2D eigenvalue weighted by Crippen LogP contribution is 2.28. The SMILES string of the molecule is NCc1ccc(Nc2nccc(C(NC3CC3)c3ccccc3)n2)cc1. The van der Waals surface area contributed by atoms with Crippen molar-refractivity contribution in [2.75, 3.05) is 5.32 Å². The molecule has 0 saturated heterocycles. The molecule has 5 heteroatoms. The number of nitrogens with one attached hydrogen (secondary N) is 2. The molecule has 0 amide bonds. The molecule has 1 saturated carbocycles. The van der Waals surface area contributed by atoms with Crippen molar-refractivity contribution in [2.45, 2.75) is 31.5 Å². The van der Waals surface area contributed by atoms with Crippen molar-refractivity contribution in [1.82, 2.24) is 15.3 Å². The van der Waals surface area contributed by atoms with Gasteiger partial charge in [0.2, 0.25) is 5.95 Å². The topological polar surface area (TPSA) is 75.9 Å². The quantitative estimate of drug-likeness (QED) is 0.611. The number of rotatable bonds is 7. The predicted octanol–water partition coefficient (Wildman–Crippen LogP) is 3.52. The molecular formula is C21H23N5. The number of aromatic nitrogens is 2. The molecule has 4 rings (SSSR count). The zero-order chi connectivity index (χ0) is 17.8. The Balaban J connectivity index is 1.58. The van der Waals surface area contributed by atoms with Crippen molar-refractivity contribution in [3.8, 4) is 0 Å². The van der Waals surface area contributed by atoms with E-state index in [-0.39, 0.29) is 6.04 Å².